The first-order chi connectivity index (χ1) is 20.9. The Balaban J connectivity index is 1.35. The molecule has 1 aromatic heterocycles. The van der Waals surface area contributed by atoms with Gasteiger partial charge in [-0.1, -0.05) is 72.8 Å². The third kappa shape index (κ3) is 7.29. The second kappa shape index (κ2) is 13.5. The van der Waals surface area contributed by atoms with Gasteiger partial charge in [0.05, 0.1) is 6.20 Å². The van der Waals surface area contributed by atoms with E-state index >= 15 is 0 Å². The number of likely N-dealkylation sites (N-methyl/N-ethyl adjacent to an activating group) is 1. The Hall–Kier alpha value is -5.37. The number of nitrogens with zero attached hydrogens (tertiary/aromatic N) is 1. The van der Waals surface area contributed by atoms with Gasteiger partial charge < -0.3 is 25.2 Å². The van der Waals surface area contributed by atoms with Crippen LogP contribution in [0.3, 0.4) is 0 Å². The molecule has 3 N–H and O–H groups in total. The second-order valence-corrected chi connectivity index (χ2v) is 10.2. The number of rotatable bonds is 11. The van der Waals surface area contributed by atoms with Crippen LogP contribution < -0.4 is 20.1 Å². The van der Waals surface area contributed by atoms with Gasteiger partial charge in [0, 0.05) is 30.8 Å². The number of nitrogens with one attached hydrogen (secondary N) is 2. The molecule has 0 spiro atoms. The number of hydrogen-bond acceptors (Lipinski definition) is 6. The van der Waals surface area contributed by atoms with E-state index in [1.807, 2.05) is 78.9 Å². The zero-order chi connectivity index (χ0) is 30.2. The van der Waals surface area contributed by atoms with Crippen LogP contribution in [-0.2, 0) is 22.6 Å². The minimum absolute atomic E-state index is 0.135. The molecule has 0 radical (unpaired) electrons. The number of hydrogen-bond donors (Lipinski definition) is 3. The summed E-state index contributed by atoms with van der Waals surface area (Å²) in [5.41, 5.74) is 4.05. The summed E-state index contributed by atoms with van der Waals surface area (Å²) in [7, 11) is 1.51. The lowest BCUT2D eigenvalue weighted by Gasteiger charge is -2.19. The Morgan fingerprint density at radius 1 is 0.884 bits per heavy atom. The molecule has 0 aliphatic carbocycles. The molecule has 0 saturated carbocycles. The number of carbonyl (C=O) groups is 2. The zero-order valence-corrected chi connectivity index (χ0v) is 24.0. The summed E-state index contributed by atoms with van der Waals surface area (Å²) in [6.07, 6.45) is 3.61. The van der Waals surface area contributed by atoms with Crippen LogP contribution in [0.5, 0.6) is 17.2 Å². The summed E-state index contributed by atoms with van der Waals surface area (Å²) in [5, 5.41) is 17.4. The molecule has 8 heteroatoms. The number of aromatic nitrogens is 1. The number of amides is 2. The molecule has 2 amide bonds. The quantitative estimate of drug-likeness (QED) is 0.196. The van der Waals surface area contributed by atoms with Crippen molar-refractivity contribution in [2.24, 2.45) is 0 Å². The molecule has 218 valence electrons. The van der Waals surface area contributed by atoms with Gasteiger partial charge in [-0.25, -0.2) is 0 Å². The highest BCUT2D eigenvalue weighted by Crippen LogP contribution is 2.38. The Kier molecular flexibility index (Phi) is 9.17. The van der Waals surface area contributed by atoms with Crippen LogP contribution in [0, 0.1) is 6.92 Å². The van der Waals surface area contributed by atoms with Gasteiger partial charge in [-0.05, 0) is 52.6 Å². The standard InChI is InChI=1S/C35H33N3O5/c1-23-12-13-25(17-31(23)39)16-30(35(41)36-2)38-33(40)22-43-32-15-14-26-10-6-7-11-29(26)34(32)27-18-28(20-37-19-27)42-21-24-8-4-3-5-9-24/h3-15,17-20,30,39H,16,21-22H2,1-2H3,(H,36,41)(H,38,40)/t30-/m0/s1. The average molecular weight is 576 g/mol. The van der Waals surface area contributed by atoms with Crippen LogP contribution >= 0.6 is 0 Å². The van der Waals surface area contributed by atoms with E-state index in [0.717, 1.165) is 38.6 Å². The summed E-state index contributed by atoms with van der Waals surface area (Å²) in [6, 6.07) is 27.8. The Bertz CT molecular complexity index is 1740. The van der Waals surface area contributed by atoms with E-state index < -0.39 is 11.9 Å². The van der Waals surface area contributed by atoms with E-state index in [1.54, 1.807) is 31.5 Å². The summed E-state index contributed by atoms with van der Waals surface area (Å²) >= 11 is 0. The number of carbonyl (C=O) groups excluding carboxylic acids is 2. The highest BCUT2D eigenvalue weighted by molar-refractivity contribution is 6.00. The monoisotopic (exact) mass is 575 g/mol. The normalized spacial score (nSPS) is 11.5. The average Bonchev–Trinajstić information content (AvgIpc) is 3.04. The lowest BCUT2D eigenvalue weighted by Crippen LogP contribution is -2.48. The molecule has 0 saturated heterocycles. The number of phenols is 1. The van der Waals surface area contributed by atoms with E-state index in [4.69, 9.17) is 9.47 Å². The van der Waals surface area contributed by atoms with Gasteiger partial charge in [0.2, 0.25) is 5.91 Å². The van der Waals surface area contributed by atoms with Crippen molar-refractivity contribution in [3.05, 3.63) is 120 Å². The van der Waals surface area contributed by atoms with Crippen LogP contribution in [0.1, 0.15) is 16.7 Å². The molecule has 5 rings (SSSR count). The summed E-state index contributed by atoms with van der Waals surface area (Å²) in [6.45, 7) is 1.88. The molecule has 0 fully saturated rings. The van der Waals surface area contributed by atoms with E-state index in [2.05, 4.69) is 15.6 Å². The lowest BCUT2D eigenvalue weighted by atomic mass is 9.98. The van der Waals surface area contributed by atoms with Crippen molar-refractivity contribution in [3.63, 3.8) is 0 Å². The molecule has 0 unspecified atom stereocenters. The Labute approximate surface area is 250 Å². The molecule has 8 nitrogen and oxygen atoms in total. The molecule has 1 atom stereocenters. The predicted molar refractivity (Wildman–Crippen MR) is 166 cm³/mol. The van der Waals surface area contributed by atoms with Crippen molar-refractivity contribution < 1.29 is 24.2 Å². The number of phenolic OH excluding ortho intramolecular Hbond substituents is 1. The SMILES string of the molecule is CNC(=O)[C@H](Cc1ccc(C)c(O)c1)NC(=O)COc1ccc2ccccc2c1-c1cncc(OCc2ccccc2)c1. The zero-order valence-electron chi connectivity index (χ0n) is 24.0. The first kappa shape index (κ1) is 29.1. The molecule has 0 aliphatic heterocycles. The number of benzene rings is 4. The van der Waals surface area contributed by atoms with E-state index in [0.29, 0.717) is 18.1 Å². The maximum atomic E-state index is 13.0. The van der Waals surface area contributed by atoms with Gasteiger partial charge in [0.1, 0.15) is 29.9 Å². The largest absolute Gasteiger partial charge is 0.508 e. The minimum atomic E-state index is -0.845. The fourth-order valence-corrected chi connectivity index (χ4v) is 4.83. The van der Waals surface area contributed by atoms with Crippen LogP contribution in [0.4, 0.5) is 0 Å². The maximum absolute atomic E-state index is 13.0. The van der Waals surface area contributed by atoms with Crippen molar-refractivity contribution in [3.8, 4) is 28.4 Å². The van der Waals surface area contributed by atoms with Crippen molar-refractivity contribution in [2.75, 3.05) is 13.7 Å². The van der Waals surface area contributed by atoms with Crippen LogP contribution in [0.2, 0.25) is 0 Å². The summed E-state index contributed by atoms with van der Waals surface area (Å²) < 4.78 is 12.1. The number of aryl methyl sites for hydroxylation is 1. The number of ether oxygens (including phenoxy) is 2. The third-order valence-electron chi connectivity index (χ3n) is 7.11. The highest BCUT2D eigenvalue weighted by Gasteiger charge is 2.22. The van der Waals surface area contributed by atoms with E-state index in [1.165, 1.54) is 7.05 Å². The van der Waals surface area contributed by atoms with Gasteiger partial charge in [0.15, 0.2) is 6.61 Å². The predicted octanol–water partition coefficient (Wildman–Crippen LogP) is 5.35. The summed E-state index contributed by atoms with van der Waals surface area (Å²) in [5.74, 6) is 0.431. The van der Waals surface area contributed by atoms with Crippen LogP contribution in [0.15, 0.2) is 103 Å². The highest BCUT2D eigenvalue weighted by atomic mass is 16.5. The molecule has 0 bridgehead atoms. The lowest BCUT2D eigenvalue weighted by molar-refractivity contribution is -0.129. The maximum Gasteiger partial charge on any atom is 0.258 e. The van der Waals surface area contributed by atoms with E-state index in [-0.39, 0.29) is 24.7 Å². The fourth-order valence-electron chi connectivity index (χ4n) is 4.83. The van der Waals surface area contributed by atoms with Gasteiger partial charge in [-0.2, -0.15) is 0 Å². The first-order valence-corrected chi connectivity index (χ1v) is 14.0. The van der Waals surface area contributed by atoms with E-state index in [9.17, 15) is 14.7 Å². The number of fused-ring (bicyclic) bond motifs is 1. The number of pyridine rings is 1. The molecule has 5 aromatic rings. The second-order valence-electron chi connectivity index (χ2n) is 10.2. The molecular formula is C35H33N3O5. The Morgan fingerprint density at radius 3 is 2.47 bits per heavy atom. The first-order valence-electron chi connectivity index (χ1n) is 14.0. The van der Waals surface area contributed by atoms with Crippen LogP contribution in [-0.4, -0.2) is 41.6 Å². The van der Waals surface area contributed by atoms with Crippen molar-refractivity contribution in [2.45, 2.75) is 26.0 Å². The smallest absolute Gasteiger partial charge is 0.258 e. The van der Waals surface area contributed by atoms with Gasteiger partial charge >= 0.3 is 0 Å². The van der Waals surface area contributed by atoms with Crippen molar-refractivity contribution in [1.82, 2.24) is 15.6 Å². The van der Waals surface area contributed by atoms with Crippen molar-refractivity contribution in [1.29, 1.82) is 0 Å². The third-order valence-corrected chi connectivity index (χ3v) is 7.11. The Morgan fingerprint density at radius 2 is 1.67 bits per heavy atom. The van der Waals surface area contributed by atoms with Gasteiger partial charge in [0.25, 0.3) is 5.91 Å². The summed E-state index contributed by atoms with van der Waals surface area (Å²) in [4.78, 5) is 30.1. The molecule has 0 aliphatic rings. The van der Waals surface area contributed by atoms with Gasteiger partial charge in [-0.15, -0.1) is 0 Å². The fraction of sp³-hybridized carbons (Fsp3) is 0.171. The van der Waals surface area contributed by atoms with Crippen LogP contribution in [0.25, 0.3) is 21.9 Å². The molecule has 4 aromatic carbocycles. The minimum Gasteiger partial charge on any atom is -0.508 e. The number of aromatic hydroxyl groups is 1. The molecule has 43 heavy (non-hydrogen) atoms. The molecule has 1 heterocycles. The molecular weight excluding hydrogens is 542 g/mol. The van der Waals surface area contributed by atoms with Gasteiger partial charge in [-0.3, -0.25) is 14.6 Å². The van der Waals surface area contributed by atoms with Crippen molar-refractivity contribution >= 4 is 22.6 Å². The topological polar surface area (TPSA) is 110 Å².